The number of hydrogen-bond donors (Lipinski definition) is 0. The molecule has 1 aromatic rings. The van der Waals surface area contributed by atoms with Gasteiger partial charge < -0.3 is 4.90 Å². The fraction of sp³-hybridized carbons (Fsp3) is 0.467. The number of rotatable bonds is 5. The van der Waals surface area contributed by atoms with Gasteiger partial charge in [-0.25, -0.2) is 0 Å². The summed E-state index contributed by atoms with van der Waals surface area (Å²) in [6.45, 7) is 6.64. The van der Waals surface area contributed by atoms with E-state index in [1.54, 1.807) is 4.90 Å². The Labute approximate surface area is 118 Å². The Morgan fingerprint density at radius 3 is 2.63 bits per heavy atom. The Balaban J connectivity index is 2.23. The molecule has 0 aromatic heterocycles. The van der Waals surface area contributed by atoms with Crippen molar-refractivity contribution in [3.63, 3.8) is 0 Å². The van der Waals surface area contributed by atoms with Crippen LogP contribution in [0.5, 0.6) is 0 Å². The number of amides is 1. The number of carbonyl (C=O) groups is 2. The van der Waals surface area contributed by atoms with Gasteiger partial charge in [0.15, 0.2) is 0 Å². The van der Waals surface area contributed by atoms with Gasteiger partial charge in [0.05, 0.1) is 11.3 Å². The van der Waals surface area contributed by atoms with Crippen LogP contribution < -0.4 is 4.90 Å². The van der Waals surface area contributed by atoms with Crippen molar-refractivity contribution < 1.29 is 9.59 Å². The minimum absolute atomic E-state index is 0.351. The number of anilines is 1. The van der Waals surface area contributed by atoms with Crippen LogP contribution >= 0.6 is 11.8 Å². The molecule has 0 saturated heterocycles. The van der Waals surface area contributed by atoms with Crippen LogP contribution in [0.1, 0.15) is 34.8 Å². The molecule has 0 N–H and O–H groups in total. The highest BCUT2D eigenvalue weighted by Gasteiger charge is 2.36. The first-order valence-corrected chi connectivity index (χ1v) is 7.77. The summed E-state index contributed by atoms with van der Waals surface area (Å²) in [6.07, 6.45) is 0.921. The van der Waals surface area contributed by atoms with Gasteiger partial charge in [-0.15, -0.1) is 0 Å². The molecule has 0 saturated carbocycles. The van der Waals surface area contributed by atoms with Gasteiger partial charge in [0.1, 0.15) is 0 Å². The summed E-state index contributed by atoms with van der Waals surface area (Å²) in [5.74, 6) is 1.39. The van der Waals surface area contributed by atoms with Gasteiger partial charge >= 0.3 is 0 Å². The molecule has 0 radical (unpaired) electrons. The molecule has 1 aliphatic rings. The highest BCUT2D eigenvalue weighted by Crippen LogP contribution is 2.32. The number of thioether (sulfide) groups is 1. The van der Waals surface area contributed by atoms with E-state index in [0.29, 0.717) is 12.1 Å². The molecule has 102 valence electrons. The topological polar surface area (TPSA) is 37.4 Å². The van der Waals surface area contributed by atoms with Crippen molar-refractivity contribution in [2.24, 2.45) is 0 Å². The van der Waals surface area contributed by atoms with Gasteiger partial charge in [-0.3, -0.25) is 9.59 Å². The smallest absolute Gasteiger partial charge is 0.299 e. The van der Waals surface area contributed by atoms with Crippen LogP contribution in [0.3, 0.4) is 0 Å². The fourth-order valence-corrected chi connectivity index (χ4v) is 3.11. The monoisotopic (exact) mass is 277 g/mol. The van der Waals surface area contributed by atoms with Crippen LogP contribution in [-0.4, -0.2) is 29.7 Å². The Kier molecular flexibility index (Phi) is 4.30. The van der Waals surface area contributed by atoms with Crippen molar-refractivity contribution in [1.82, 2.24) is 0 Å². The lowest BCUT2D eigenvalue weighted by atomic mass is 10.0. The van der Waals surface area contributed by atoms with Crippen LogP contribution in [-0.2, 0) is 4.79 Å². The number of ketones is 1. The van der Waals surface area contributed by atoms with E-state index in [2.05, 4.69) is 6.92 Å². The van der Waals surface area contributed by atoms with Crippen molar-refractivity contribution in [2.75, 3.05) is 23.0 Å². The largest absolute Gasteiger partial charge is 0.305 e. The molecule has 1 aliphatic heterocycles. The molecule has 4 heteroatoms. The summed E-state index contributed by atoms with van der Waals surface area (Å²) >= 11 is 1.86. The summed E-state index contributed by atoms with van der Waals surface area (Å²) in [7, 11) is 0. The molecule has 1 amide bonds. The molecule has 0 unspecified atom stereocenters. The molecule has 0 spiro atoms. The van der Waals surface area contributed by atoms with E-state index >= 15 is 0 Å². The van der Waals surface area contributed by atoms with E-state index in [1.165, 1.54) is 0 Å². The van der Waals surface area contributed by atoms with E-state index in [0.717, 1.165) is 34.7 Å². The van der Waals surface area contributed by atoms with Gasteiger partial charge in [-0.1, -0.05) is 13.0 Å². The maximum Gasteiger partial charge on any atom is 0.299 e. The Morgan fingerprint density at radius 2 is 1.95 bits per heavy atom. The first kappa shape index (κ1) is 14.1. The Hall–Kier alpha value is -1.29. The number of carbonyl (C=O) groups excluding carboxylic acids is 2. The molecular weight excluding hydrogens is 258 g/mol. The number of Topliss-reactive ketones (excluding diaryl/α,β-unsaturated/α-hetero) is 1. The first-order chi connectivity index (χ1) is 9.06. The van der Waals surface area contributed by atoms with E-state index in [4.69, 9.17) is 0 Å². The molecule has 0 fully saturated rings. The molecule has 1 heterocycles. The SMILES string of the molecule is CCSCCCN1C(=O)C(=O)c2c(C)cc(C)cc21. The molecule has 0 aliphatic carbocycles. The Bertz CT molecular complexity index is 525. The zero-order chi connectivity index (χ0) is 14.0. The zero-order valence-corrected chi connectivity index (χ0v) is 12.5. The molecule has 3 nitrogen and oxygen atoms in total. The average molecular weight is 277 g/mol. The first-order valence-electron chi connectivity index (χ1n) is 6.61. The van der Waals surface area contributed by atoms with Crippen LogP contribution in [0.2, 0.25) is 0 Å². The van der Waals surface area contributed by atoms with Gasteiger partial charge in [0.25, 0.3) is 11.7 Å². The highest BCUT2D eigenvalue weighted by molar-refractivity contribution is 7.99. The number of nitrogens with zero attached hydrogens (tertiary/aromatic N) is 1. The summed E-state index contributed by atoms with van der Waals surface area (Å²) in [6, 6.07) is 3.90. The van der Waals surface area contributed by atoms with E-state index in [-0.39, 0.29) is 11.7 Å². The van der Waals surface area contributed by atoms with Crippen molar-refractivity contribution >= 4 is 29.1 Å². The van der Waals surface area contributed by atoms with Crippen molar-refractivity contribution in [3.8, 4) is 0 Å². The third-order valence-electron chi connectivity index (χ3n) is 3.29. The van der Waals surface area contributed by atoms with Crippen LogP contribution in [0, 0.1) is 13.8 Å². The molecule has 19 heavy (non-hydrogen) atoms. The number of benzene rings is 1. The van der Waals surface area contributed by atoms with Crippen molar-refractivity contribution in [2.45, 2.75) is 27.2 Å². The third-order valence-corrected chi connectivity index (χ3v) is 4.28. The molecule has 2 rings (SSSR count). The minimum Gasteiger partial charge on any atom is -0.305 e. The second-order valence-electron chi connectivity index (χ2n) is 4.81. The van der Waals surface area contributed by atoms with Gasteiger partial charge in [-0.05, 0) is 49.0 Å². The molecule has 0 bridgehead atoms. The Morgan fingerprint density at radius 1 is 1.21 bits per heavy atom. The summed E-state index contributed by atoms with van der Waals surface area (Å²) < 4.78 is 0. The molecule has 0 atom stereocenters. The normalized spacial score (nSPS) is 14.2. The van der Waals surface area contributed by atoms with E-state index in [1.807, 2.05) is 37.7 Å². The molecule has 1 aromatic carbocycles. The highest BCUT2D eigenvalue weighted by atomic mass is 32.2. The second kappa shape index (κ2) is 5.78. The van der Waals surface area contributed by atoms with Gasteiger partial charge in [0.2, 0.25) is 0 Å². The quantitative estimate of drug-likeness (QED) is 0.613. The van der Waals surface area contributed by atoms with E-state index < -0.39 is 0 Å². The standard InChI is InChI=1S/C15H19NO2S/c1-4-19-7-5-6-16-12-9-10(2)8-11(3)13(12)14(17)15(16)18/h8-9H,4-7H2,1-3H3. The minimum atomic E-state index is -0.370. The average Bonchev–Trinajstić information content (AvgIpc) is 2.59. The van der Waals surface area contributed by atoms with Crippen molar-refractivity contribution in [1.29, 1.82) is 0 Å². The van der Waals surface area contributed by atoms with Gasteiger partial charge in [0, 0.05) is 6.54 Å². The third kappa shape index (κ3) is 2.68. The number of aryl methyl sites for hydroxylation is 2. The lowest BCUT2D eigenvalue weighted by Gasteiger charge is -2.17. The number of hydrogen-bond acceptors (Lipinski definition) is 3. The zero-order valence-electron chi connectivity index (χ0n) is 11.7. The van der Waals surface area contributed by atoms with Crippen LogP contribution in [0.4, 0.5) is 5.69 Å². The lowest BCUT2D eigenvalue weighted by molar-refractivity contribution is -0.114. The maximum atomic E-state index is 12.1. The predicted octanol–water partition coefficient (Wildman–Crippen LogP) is 2.98. The van der Waals surface area contributed by atoms with Crippen molar-refractivity contribution in [3.05, 3.63) is 28.8 Å². The van der Waals surface area contributed by atoms with Crippen LogP contribution in [0.25, 0.3) is 0 Å². The number of fused-ring (bicyclic) bond motifs is 1. The van der Waals surface area contributed by atoms with Crippen LogP contribution in [0.15, 0.2) is 12.1 Å². The molecular formula is C15H19NO2S. The maximum absolute atomic E-state index is 12.1. The van der Waals surface area contributed by atoms with Gasteiger partial charge in [-0.2, -0.15) is 11.8 Å². The van der Waals surface area contributed by atoms with E-state index in [9.17, 15) is 9.59 Å². The predicted molar refractivity (Wildman–Crippen MR) is 80.2 cm³/mol. The summed E-state index contributed by atoms with van der Waals surface area (Å²) in [5, 5.41) is 0. The summed E-state index contributed by atoms with van der Waals surface area (Å²) in [5.41, 5.74) is 3.39. The summed E-state index contributed by atoms with van der Waals surface area (Å²) in [4.78, 5) is 25.7. The lowest BCUT2D eigenvalue weighted by Crippen LogP contribution is -2.30. The fourth-order valence-electron chi connectivity index (χ4n) is 2.48. The second-order valence-corrected chi connectivity index (χ2v) is 6.21.